The Hall–Kier alpha value is -2.56. The molecule has 0 radical (unpaired) electrons. The van der Waals surface area contributed by atoms with Gasteiger partial charge in [-0.1, -0.05) is 35.5 Å². The number of rotatable bonds is 6. The maximum Gasteiger partial charge on any atom is 0.404 e. The highest BCUT2D eigenvalue weighted by Crippen LogP contribution is 2.47. The fourth-order valence-electron chi connectivity index (χ4n) is 3.12. The summed E-state index contributed by atoms with van der Waals surface area (Å²) in [6, 6.07) is 8.42. The number of aromatic nitrogens is 2. The monoisotopic (exact) mass is 404 g/mol. The van der Waals surface area contributed by atoms with Crippen LogP contribution >= 0.6 is 0 Å². The maximum absolute atomic E-state index is 13.9. The molecule has 2 aromatic rings. The number of nitrogens with zero attached hydrogens (tertiary/aromatic N) is 3. The molecule has 28 heavy (non-hydrogen) atoms. The number of benzene rings is 1. The van der Waals surface area contributed by atoms with Crippen LogP contribution < -0.4 is 5.32 Å². The molecule has 1 N–H and O–H groups in total. The summed E-state index contributed by atoms with van der Waals surface area (Å²) in [5.74, 6) is -1.31. The van der Waals surface area contributed by atoms with Gasteiger partial charge in [0.25, 0.3) is 6.43 Å². The largest absolute Gasteiger partial charge is 0.404 e. The molecule has 6 nitrogen and oxygen atoms in total. The molecule has 1 saturated heterocycles. The van der Waals surface area contributed by atoms with E-state index < -0.39 is 49.4 Å². The highest BCUT2D eigenvalue weighted by molar-refractivity contribution is 5.78. The van der Waals surface area contributed by atoms with E-state index in [1.165, 1.54) is 4.90 Å². The van der Waals surface area contributed by atoms with Crippen LogP contribution in [0.5, 0.6) is 0 Å². The predicted molar refractivity (Wildman–Crippen MR) is 87.5 cm³/mol. The van der Waals surface area contributed by atoms with Crippen LogP contribution in [0.3, 0.4) is 0 Å². The third-order valence-electron chi connectivity index (χ3n) is 4.58. The van der Waals surface area contributed by atoms with Crippen LogP contribution in [0.2, 0.25) is 0 Å². The molecule has 0 bridgehead atoms. The Bertz CT molecular complexity index is 811. The zero-order chi connectivity index (χ0) is 20.4. The van der Waals surface area contributed by atoms with Crippen molar-refractivity contribution in [2.75, 3.05) is 26.2 Å². The number of hydrogen-bond donors (Lipinski definition) is 1. The van der Waals surface area contributed by atoms with Crippen LogP contribution in [0.25, 0.3) is 11.4 Å². The van der Waals surface area contributed by atoms with Crippen molar-refractivity contribution in [3.63, 3.8) is 0 Å². The average Bonchev–Trinajstić information content (AvgIpc) is 3.28. The van der Waals surface area contributed by atoms with Crippen molar-refractivity contribution in [2.24, 2.45) is 0 Å². The maximum atomic E-state index is 13.9. The van der Waals surface area contributed by atoms with Crippen molar-refractivity contribution in [3.8, 4) is 11.4 Å². The van der Waals surface area contributed by atoms with Gasteiger partial charge in [-0.3, -0.25) is 9.69 Å². The normalized spacial score (nSPS) is 20.6. The highest BCUT2D eigenvalue weighted by atomic mass is 19.4. The standard InChI is InChI=1S/C17H17F5N4O2/c18-12(19)8-23-13(27)9-26-7-6-16(10-26,17(20,21)22)15-24-14(25-28-15)11-4-2-1-3-5-11/h1-5,12H,6-10H2,(H,23,27). The Morgan fingerprint density at radius 3 is 2.64 bits per heavy atom. The molecule has 1 unspecified atom stereocenters. The first-order chi connectivity index (χ1) is 13.2. The number of carbonyl (C=O) groups is 1. The van der Waals surface area contributed by atoms with Gasteiger partial charge in [-0.05, 0) is 6.42 Å². The minimum absolute atomic E-state index is 0.0346. The first-order valence-corrected chi connectivity index (χ1v) is 8.45. The van der Waals surface area contributed by atoms with E-state index in [-0.39, 0.29) is 18.8 Å². The van der Waals surface area contributed by atoms with Crippen LogP contribution in [0, 0.1) is 0 Å². The van der Waals surface area contributed by atoms with Gasteiger partial charge in [-0.25, -0.2) is 8.78 Å². The molecule has 11 heteroatoms. The molecule has 3 rings (SSSR count). The van der Waals surface area contributed by atoms with E-state index in [9.17, 15) is 26.7 Å². The van der Waals surface area contributed by atoms with Crippen molar-refractivity contribution in [2.45, 2.75) is 24.4 Å². The van der Waals surface area contributed by atoms with E-state index >= 15 is 0 Å². The molecule has 1 aliphatic rings. The third kappa shape index (κ3) is 4.13. The lowest BCUT2D eigenvalue weighted by Crippen LogP contribution is -2.46. The van der Waals surface area contributed by atoms with Crippen molar-refractivity contribution in [1.82, 2.24) is 20.4 Å². The fourth-order valence-corrected chi connectivity index (χ4v) is 3.12. The topological polar surface area (TPSA) is 71.3 Å². The second-order valence-corrected chi connectivity index (χ2v) is 6.52. The lowest BCUT2D eigenvalue weighted by molar-refractivity contribution is -0.193. The number of halogens is 5. The lowest BCUT2D eigenvalue weighted by atomic mass is 9.86. The molecule has 1 fully saturated rings. The Labute approximate surface area is 156 Å². The first-order valence-electron chi connectivity index (χ1n) is 8.45. The zero-order valence-corrected chi connectivity index (χ0v) is 14.5. The summed E-state index contributed by atoms with van der Waals surface area (Å²) < 4.78 is 71.0. The Balaban J connectivity index is 1.78. The van der Waals surface area contributed by atoms with Gasteiger partial charge in [0.2, 0.25) is 17.6 Å². The van der Waals surface area contributed by atoms with Crippen LogP contribution in [-0.4, -0.2) is 59.7 Å². The summed E-state index contributed by atoms with van der Waals surface area (Å²) in [7, 11) is 0. The number of nitrogens with one attached hydrogen (secondary N) is 1. The van der Waals surface area contributed by atoms with Gasteiger partial charge in [0.15, 0.2) is 5.41 Å². The number of hydrogen-bond acceptors (Lipinski definition) is 5. The summed E-state index contributed by atoms with van der Waals surface area (Å²) in [5.41, 5.74) is -1.91. The minimum atomic E-state index is -4.69. The zero-order valence-electron chi connectivity index (χ0n) is 14.5. The quantitative estimate of drug-likeness (QED) is 0.750. The predicted octanol–water partition coefficient (Wildman–Crippen LogP) is 2.62. The van der Waals surface area contributed by atoms with E-state index in [2.05, 4.69) is 10.1 Å². The second kappa shape index (κ2) is 7.82. The molecule has 0 saturated carbocycles. The summed E-state index contributed by atoms with van der Waals surface area (Å²) in [6.45, 7) is -1.91. The average molecular weight is 404 g/mol. The van der Waals surface area contributed by atoms with Crippen molar-refractivity contribution in [3.05, 3.63) is 36.2 Å². The molecule has 1 atom stereocenters. The first kappa shape index (κ1) is 20.2. The number of likely N-dealkylation sites (tertiary alicyclic amines) is 1. The summed E-state index contributed by atoms with van der Waals surface area (Å²) >= 11 is 0. The fraction of sp³-hybridized carbons (Fsp3) is 0.471. The molecular formula is C17H17F5N4O2. The van der Waals surface area contributed by atoms with E-state index in [1.807, 2.05) is 5.32 Å². The molecule has 152 valence electrons. The van der Waals surface area contributed by atoms with Gasteiger partial charge < -0.3 is 9.84 Å². The smallest absolute Gasteiger partial charge is 0.349 e. The molecule has 1 aromatic heterocycles. The van der Waals surface area contributed by atoms with Gasteiger partial charge >= 0.3 is 6.18 Å². The Morgan fingerprint density at radius 2 is 2.00 bits per heavy atom. The SMILES string of the molecule is O=C(CN1CCC(c2nc(-c3ccccc3)no2)(C(F)(F)F)C1)NCC(F)F. The van der Waals surface area contributed by atoms with Crippen LogP contribution in [-0.2, 0) is 10.2 Å². The highest BCUT2D eigenvalue weighted by Gasteiger charge is 2.62. The van der Waals surface area contributed by atoms with Crippen LogP contribution in [0.15, 0.2) is 34.9 Å². The Kier molecular flexibility index (Phi) is 5.64. The minimum Gasteiger partial charge on any atom is -0.349 e. The number of amides is 1. The van der Waals surface area contributed by atoms with Gasteiger partial charge in [0, 0.05) is 18.7 Å². The molecule has 1 aliphatic heterocycles. The van der Waals surface area contributed by atoms with Gasteiger partial charge in [-0.2, -0.15) is 18.2 Å². The van der Waals surface area contributed by atoms with Crippen LogP contribution in [0.1, 0.15) is 12.3 Å². The third-order valence-corrected chi connectivity index (χ3v) is 4.58. The second-order valence-electron chi connectivity index (χ2n) is 6.52. The van der Waals surface area contributed by atoms with Crippen molar-refractivity contribution in [1.29, 1.82) is 0 Å². The van der Waals surface area contributed by atoms with Crippen molar-refractivity contribution < 1.29 is 31.3 Å². The summed E-state index contributed by atoms with van der Waals surface area (Å²) in [6.07, 6.45) is -7.80. The molecule has 2 heterocycles. The number of alkyl halides is 5. The van der Waals surface area contributed by atoms with Gasteiger partial charge in [-0.15, -0.1) is 0 Å². The van der Waals surface area contributed by atoms with E-state index in [0.29, 0.717) is 5.56 Å². The van der Waals surface area contributed by atoms with E-state index in [4.69, 9.17) is 4.52 Å². The van der Waals surface area contributed by atoms with E-state index in [1.54, 1.807) is 30.3 Å². The summed E-state index contributed by atoms with van der Waals surface area (Å²) in [4.78, 5) is 16.9. The van der Waals surface area contributed by atoms with Gasteiger partial charge in [0.1, 0.15) is 0 Å². The van der Waals surface area contributed by atoms with Crippen LogP contribution in [0.4, 0.5) is 22.0 Å². The Morgan fingerprint density at radius 1 is 1.29 bits per heavy atom. The summed E-state index contributed by atoms with van der Waals surface area (Å²) in [5, 5.41) is 5.63. The molecule has 1 aromatic carbocycles. The number of carbonyl (C=O) groups excluding carboxylic acids is 1. The van der Waals surface area contributed by atoms with Crippen molar-refractivity contribution >= 4 is 5.91 Å². The van der Waals surface area contributed by atoms with Gasteiger partial charge in [0.05, 0.1) is 13.1 Å². The molecule has 0 aliphatic carbocycles. The molecule has 0 spiro atoms. The lowest BCUT2D eigenvalue weighted by Gasteiger charge is -2.28. The van der Waals surface area contributed by atoms with E-state index in [0.717, 1.165) is 0 Å². The molecular weight excluding hydrogens is 387 g/mol. The molecule has 1 amide bonds.